The van der Waals surface area contributed by atoms with Crippen LogP contribution in [0.5, 0.6) is 5.75 Å². The van der Waals surface area contributed by atoms with Crippen molar-refractivity contribution in [1.29, 1.82) is 5.26 Å². The SMILES string of the molecule is N#Cc1ccc(OC(=O)C=Cc2cccs2)cc1. The van der Waals surface area contributed by atoms with Gasteiger partial charge in [-0.25, -0.2) is 4.79 Å². The molecule has 0 saturated carbocycles. The standard InChI is InChI=1S/C14H9NO2S/c15-10-11-3-5-12(6-4-11)17-14(16)8-7-13-2-1-9-18-13/h1-9H. The number of ether oxygens (including phenoxy) is 1. The molecule has 0 spiro atoms. The summed E-state index contributed by atoms with van der Waals surface area (Å²) in [6.45, 7) is 0. The van der Waals surface area contributed by atoms with E-state index in [2.05, 4.69) is 0 Å². The van der Waals surface area contributed by atoms with Gasteiger partial charge in [-0.05, 0) is 41.8 Å². The van der Waals surface area contributed by atoms with Crippen LogP contribution in [0, 0.1) is 11.3 Å². The highest BCUT2D eigenvalue weighted by Crippen LogP contribution is 2.13. The van der Waals surface area contributed by atoms with Gasteiger partial charge in [0.05, 0.1) is 11.6 Å². The number of hydrogen-bond donors (Lipinski definition) is 0. The van der Waals surface area contributed by atoms with Gasteiger partial charge in [0.15, 0.2) is 0 Å². The number of carbonyl (C=O) groups excluding carboxylic acids is 1. The minimum absolute atomic E-state index is 0.426. The zero-order valence-electron chi connectivity index (χ0n) is 9.37. The number of nitrogens with zero attached hydrogens (tertiary/aromatic N) is 1. The van der Waals surface area contributed by atoms with Crippen LogP contribution >= 0.6 is 11.3 Å². The number of benzene rings is 1. The Labute approximate surface area is 109 Å². The van der Waals surface area contributed by atoms with Gasteiger partial charge in [-0.15, -0.1) is 11.3 Å². The summed E-state index contributed by atoms with van der Waals surface area (Å²) >= 11 is 1.55. The largest absolute Gasteiger partial charge is 0.423 e. The van der Waals surface area contributed by atoms with Crippen LogP contribution in [-0.2, 0) is 4.79 Å². The smallest absolute Gasteiger partial charge is 0.336 e. The van der Waals surface area contributed by atoms with E-state index in [0.717, 1.165) is 4.88 Å². The monoisotopic (exact) mass is 255 g/mol. The Morgan fingerprint density at radius 1 is 1.28 bits per heavy atom. The van der Waals surface area contributed by atoms with Crippen molar-refractivity contribution in [2.24, 2.45) is 0 Å². The van der Waals surface area contributed by atoms with Crippen molar-refractivity contribution in [3.05, 3.63) is 58.3 Å². The summed E-state index contributed by atoms with van der Waals surface area (Å²) in [6.07, 6.45) is 3.08. The molecule has 0 aliphatic heterocycles. The molecule has 2 rings (SSSR count). The molecule has 88 valence electrons. The van der Waals surface area contributed by atoms with Gasteiger partial charge in [0, 0.05) is 11.0 Å². The minimum Gasteiger partial charge on any atom is -0.423 e. The van der Waals surface area contributed by atoms with Gasteiger partial charge in [0.1, 0.15) is 5.75 Å². The fourth-order valence-electron chi connectivity index (χ4n) is 1.28. The predicted octanol–water partition coefficient (Wildman–Crippen LogP) is 3.24. The molecule has 18 heavy (non-hydrogen) atoms. The summed E-state index contributed by atoms with van der Waals surface area (Å²) in [5.74, 6) is -0.0112. The lowest BCUT2D eigenvalue weighted by Crippen LogP contribution is -2.03. The zero-order chi connectivity index (χ0) is 12.8. The Hall–Kier alpha value is -2.38. The van der Waals surface area contributed by atoms with Gasteiger partial charge in [-0.3, -0.25) is 0 Å². The summed E-state index contributed by atoms with van der Waals surface area (Å²) in [7, 11) is 0. The average Bonchev–Trinajstić information content (AvgIpc) is 2.90. The molecule has 1 aromatic carbocycles. The maximum atomic E-state index is 11.5. The van der Waals surface area contributed by atoms with Gasteiger partial charge < -0.3 is 4.74 Å². The molecule has 2 aromatic rings. The van der Waals surface area contributed by atoms with Crippen LogP contribution in [0.1, 0.15) is 10.4 Å². The molecular formula is C14H9NO2S. The van der Waals surface area contributed by atoms with Crippen molar-refractivity contribution in [3.63, 3.8) is 0 Å². The van der Waals surface area contributed by atoms with Crippen molar-refractivity contribution < 1.29 is 9.53 Å². The summed E-state index contributed by atoms with van der Waals surface area (Å²) in [5, 5.41) is 10.6. The maximum Gasteiger partial charge on any atom is 0.336 e. The van der Waals surface area contributed by atoms with E-state index in [4.69, 9.17) is 10.00 Å². The Balaban J connectivity index is 1.97. The second kappa shape index (κ2) is 5.80. The second-order valence-corrected chi connectivity index (χ2v) is 4.39. The van der Waals surface area contributed by atoms with Crippen LogP contribution in [0.15, 0.2) is 47.9 Å². The normalized spacial score (nSPS) is 10.2. The Bertz CT molecular complexity index is 592. The molecule has 0 radical (unpaired) electrons. The molecule has 0 N–H and O–H groups in total. The van der Waals surface area contributed by atoms with Crippen molar-refractivity contribution in [2.45, 2.75) is 0 Å². The first-order chi connectivity index (χ1) is 8.78. The first kappa shape index (κ1) is 12.1. The third kappa shape index (κ3) is 3.30. The molecule has 0 fully saturated rings. The van der Waals surface area contributed by atoms with E-state index < -0.39 is 5.97 Å². The lowest BCUT2D eigenvalue weighted by molar-refractivity contribution is -0.128. The van der Waals surface area contributed by atoms with Crippen LogP contribution in [-0.4, -0.2) is 5.97 Å². The zero-order valence-corrected chi connectivity index (χ0v) is 10.2. The van der Waals surface area contributed by atoms with Crippen LogP contribution in [0.3, 0.4) is 0 Å². The molecule has 0 aliphatic rings. The topological polar surface area (TPSA) is 50.1 Å². The van der Waals surface area contributed by atoms with Crippen LogP contribution in [0.2, 0.25) is 0 Å². The number of esters is 1. The molecule has 0 bridgehead atoms. The van der Waals surface area contributed by atoms with E-state index in [1.54, 1.807) is 41.7 Å². The lowest BCUT2D eigenvalue weighted by Gasteiger charge is -2.00. The Morgan fingerprint density at radius 2 is 2.06 bits per heavy atom. The summed E-state index contributed by atoms with van der Waals surface area (Å²) < 4.78 is 5.08. The number of nitriles is 1. The highest BCUT2D eigenvalue weighted by Gasteiger charge is 2.00. The highest BCUT2D eigenvalue weighted by atomic mass is 32.1. The van der Waals surface area contributed by atoms with Crippen LogP contribution < -0.4 is 4.74 Å². The molecule has 4 heteroatoms. The average molecular weight is 255 g/mol. The summed E-state index contributed by atoms with van der Waals surface area (Å²) in [6, 6.07) is 12.2. The van der Waals surface area contributed by atoms with Gasteiger partial charge in [-0.1, -0.05) is 6.07 Å². The van der Waals surface area contributed by atoms with E-state index in [1.165, 1.54) is 6.08 Å². The van der Waals surface area contributed by atoms with Gasteiger partial charge in [-0.2, -0.15) is 5.26 Å². The molecule has 0 saturated heterocycles. The van der Waals surface area contributed by atoms with E-state index in [9.17, 15) is 4.79 Å². The van der Waals surface area contributed by atoms with Crippen LogP contribution in [0.25, 0.3) is 6.08 Å². The van der Waals surface area contributed by atoms with Crippen molar-refractivity contribution in [3.8, 4) is 11.8 Å². The number of carbonyl (C=O) groups is 1. The summed E-state index contributed by atoms with van der Waals surface area (Å²) in [4.78, 5) is 12.5. The van der Waals surface area contributed by atoms with Gasteiger partial charge >= 0.3 is 5.97 Å². The molecule has 0 aliphatic carbocycles. The molecule has 1 heterocycles. The van der Waals surface area contributed by atoms with E-state index in [1.807, 2.05) is 23.6 Å². The Morgan fingerprint density at radius 3 is 2.67 bits per heavy atom. The number of thiophene rings is 1. The molecular weight excluding hydrogens is 246 g/mol. The minimum atomic E-state index is -0.437. The van der Waals surface area contributed by atoms with E-state index in [-0.39, 0.29) is 0 Å². The fourth-order valence-corrected chi connectivity index (χ4v) is 1.90. The number of rotatable bonds is 3. The van der Waals surface area contributed by atoms with E-state index in [0.29, 0.717) is 11.3 Å². The second-order valence-electron chi connectivity index (χ2n) is 3.41. The molecule has 0 unspecified atom stereocenters. The molecule has 1 aromatic heterocycles. The predicted molar refractivity (Wildman–Crippen MR) is 70.1 cm³/mol. The van der Waals surface area contributed by atoms with E-state index >= 15 is 0 Å². The van der Waals surface area contributed by atoms with Gasteiger partial charge in [0.2, 0.25) is 0 Å². The first-order valence-electron chi connectivity index (χ1n) is 5.21. The lowest BCUT2D eigenvalue weighted by atomic mass is 10.2. The van der Waals surface area contributed by atoms with Crippen molar-refractivity contribution >= 4 is 23.4 Å². The van der Waals surface area contributed by atoms with Crippen LogP contribution in [0.4, 0.5) is 0 Å². The quantitative estimate of drug-likeness (QED) is 0.480. The fraction of sp³-hybridized carbons (Fsp3) is 0. The van der Waals surface area contributed by atoms with Crippen molar-refractivity contribution in [2.75, 3.05) is 0 Å². The van der Waals surface area contributed by atoms with Crippen molar-refractivity contribution in [1.82, 2.24) is 0 Å². The third-order valence-electron chi connectivity index (χ3n) is 2.13. The van der Waals surface area contributed by atoms with Gasteiger partial charge in [0.25, 0.3) is 0 Å². The number of hydrogen-bond acceptors (Lipinski definition) is 4. The molecule has 3 nitrogen and oxygen atoms in total. The molecule has 0 atom stereocenters. The highest BCUT2D eigenvalue weighted by molar-refractivity contribution is 7.10. The first-order valence-corrected chi connectivity index (χ1v) is 6.09. The summed E-state index contributed by atoms with van der Waals surface area (Å²) in [5.41, 5.74) is 0.531. The molecule has 0 amide bonds. The third-order valence-corrected chi connectivity index (χ3v) is 2.97. The Kier molecular flexibility index (Phi) is 3.90. The maximum absolute atomic E-state index is 11.5.